The monoisotopic (exact) mass is 463 g/mol. The van der Waals surface area contributed by atoms with Crippen LogP contribution in [-0.4, -0.2) is 82.0 Å². The number of nitrogens with two attached hydrogens (primary N) is 2. The molecule has 0 aliphatic carbocycles. The number of aliphatic hydroxyl groups is 1. The van der Waals surface area contributed by atoms with Crippen LogP contribution in [0.1, 0.15) is 24.8 Å². The molecule has 0 aromatic heterocycles. The first kappa shape index (κ1) is 25.7. The van der Waals surface area contributed by atoms with Crippen LogP contribution in [0.15, 0.2) is 30.3 Å². The molecule has 0 saturated carbocycles. The Balaban J connectivity index is 2.10. The summed E-state index contributed by atoms with van der Waals surface area (Å²) in [6, 6.07) is 4.13. The number of carboxylic acids is 1. The maximum absolute atomic E-state index is 13.1. The number of primary amides is 1. The zero-order chi connectivity index (χ0) is 24.5. The standard InChI is InChI=1S/C21H29N5O7/c22-13(9-12-5-2-1-3-6-12)18(29)24-14(10-17(23)28)20(31)26-8-4-7-16(26)19(30)25-15(11-27)21(32)33/h1-3,5-6,13-16,27H,4,7-11,22H2,(H2,23,28)(H,24,29)(H,25,30)(H,32,33). The van der Waals surface area contributed by atoms with Crippen molar-refractivity contribution in [3.8, 4) is 0 Å². The van der Waals surface area contributed by atoms with Gasteiger partial charge in [-0.25, -0.2) is 4.79 Å². The molecule has 1 aromatic carbocycles. The molecule has 12 heteroatoms. The van der Waals surface area contributed by atoms with E-state index in [2.05, 4.69) is 10.6 Å². The molecule has 4 unspecified atom stereocenters. The van der Waals surface area contributed by atoms with Crippen LogP contribution in [0.2, 0.25) is 0 Å². The number of benzene rings is 1. The van der Waals surface area contributed by atoms with Crippen molar-refractivity contribution in [1.29, 1.82) is 0 Å². The van der Waals surface area contributed by atoms with E-state index in [1.807, 2.05) is 6.07 Å². The number of nitrogens with one attached hydrogen (secondary N) is 2. The Morgan fingerprint density at radius 1 is 1.09 bits per heavy atom. The first-order chi connectivity index (χ1) is 15.6. The van der Waals surface area contributed by atoms with Crippen molar-refractivity contribution < 1.29 is 34.2 Å². The van der Waals surface area contributed by atoms with Gasteiger partial charge in [0.1, 0.15) is 18.1 Å². The van der Waals surface area contributed by atoms with Gasteiger partial charge in [-0.05, 0) is 24.8 Å². The summed E-state index contributed by atoms with van der Waals surface area (Å²) in [5.41, 5.74) is 12.0. The lowest BCUT2D eigenvalue weighted by molar-refractivity contribution is -0.146. The van der Waals surface area contributed by atoms with Crippen LogP contribution in [0.25, 0.3) is 0 Å². The minimum absolute atomic E-state index is 0.162. The Morgan fingerprint density at radius 2 is 1.76 bits per heavy atom. The van der Waals surface area contributed by atoms with Crippen LogP contribution < -0.4 is 22.1 Å². The second-order valence-corrected chi connectivity index (χ2v) is 7.80. The van der Waals surface area contributed by atoms with Crippen LogP contribution in [0.5, 0.6) is 0 Å². The van der Waals surface area contributed by atoms with Gasteiger partial charge in [0.2, 0.25) is 23.6 Å². The number of rotatable bonds is 11. The first-order valence-electron chi connectivity index (χ1n) is 10.5. The molecule has 33 heavy (non-hydrogen) atoms. The quantitative estimate of drug-likeness (QED) is 0.206. The number of aliphatic hydroxyl groups excluding tert-OH is 1. The van der Waals surface area contributed by atoms with Gasteiger partial charge in [-0.2, -0.15) is 0 Å². The van der Waals surface area contributed by atoms with E-state index in [9.17, 15) is 24.0 Å². The topological polar surface area (TPSA) is 205 Å². The molecule has 1 aliphatic heterocycles. The second-order valence-electron chi connectivity index (χ2n) is 7.80. The fraction of sp³-hybridized carbons (Fsp3) is 0.476. The highest BCUT2D eigenvalue weighted by molar-refractivity contribution is 5.96. The Morgan fingerprint density at radius 3 is 2.33 bits per heavy atom. The molecule has 4 amide bonds. The van der Waals surface area contributed by atoms with E-state index in [1.165, 1.54) is 4.90 Å². The lowest BCUT2D eigenvalue weighted by atomic mass is 10.0. The molecule has 180 valence electrons. The van der Waals surface area contributed by atoms with Gasteiger partial charge >= 0.3 is 5.97 Å². The zero-order valence-electron chi connectivity index (χ0n) is 18.0. The third-order valence-electron chi connectivity index (χ3n) is 5.29. The number of carbonyl (C=O) groups is 5. The van der Waals surface area contributed by atoms with Crippen LogP contribution in [0.4, 0.5) is 0 Å². The molecule has 1 aliphatic rings. The van der Waals surface area contributed by atoms with Gasteiger partial charge < -0.3 is 37.2 Å². The predicted molar refractivity (Wildman–Crippen MR) is 115 cm³/mol. The third kappa shape index (κ3) is 7.26. The number of carbonyl (C=O) groups excluding carboxylic acids is 4. The fourth-order valence-electron chi connectivity index (χ4n) is 3.60. The van der Waals surface area contributed by atoms with E-state index in [4.69, 9.17) is 21.7 Å². The lowest BCUT2D eigenvalue weighted by Crippen LogP contribution is -2.57. The molecule has 4 atom stereocenters. The van der Waals surface area contributed by atoms with Gasteiger partial charge in [-0.15, -0.1) is 0 Å². The molecule has 0 radical (unpaired) electrons. The molecule has 1 fully saturated rings. The molecule has 0 bridgehead atoms. The van der Waals surface area contributed by atoms with Gasteiger partial charge in [0.15, 0.2) is 0 Å². The molecular weight excluding hydrogens is 434 g/mol. The zero-order valence-corrected chi connectivity index (χ0v) is 18.0. The van der Waals surface area contributed by atoms with E-state index < -0.39 is 66.8 Å². The maximum Gasteiger partial charge on any atom is 0.328 e. The summed E-state index contributed by atoms with van der Waals surface area (Å²) in [4.78, 5) is 62.0. The summed E-state index contributed by atoms with van der Waals surface area (Å²) in [5, 5.41) is 22.8. The number of hydrogen-bond donors (Lipinski definition) is 6. The number of amides is 4. The Bertz CT molecular complexity index is 879. The van der Waals surface area contributed by atoms with Crippen LogP contribution in [0.3, 0.4) is 0 Å². The summed E-state index contributed by atoms with van der Waals surface area (Å²) in [6.45, 7) is -0.656. The molecule has 1 saturated heterocycles. The number of nitrogens with zero attached hydrogens (tertiary/aromatic N) is 1. The van der Waals surface area contributed by atoms with Crippen molar-refractivity contribution in [3.05, 3.63) is 35.9 Å². The number of likely N-dealkylation sites (tertiary alicyclic amines) is 1. The maximum atomic E-state index is 13.1. The van der Waals surface area contributed by atoms with Crippen molar-refractivity contribution in [3.63, 3.8) is 0 Å². The number of carboxylic acid groups (broad SMARTS) is 1. The lowest BCUT2D eigenvalue weighted by Gasteiger charge is -2.29. The predicted octanol–water partition coefficient (Wildman–Crippen LogP) is -2.53. The normalized spacial score (nSPS) is 18.1. The van der Waals surface area contributed by atoms with Gasteiger partial charge in [-0.3, -0.25) is 19.2 Å². The molecule has 8 N–H and O–H groups in total. The SMILES string of the molecule is NC(=O)CC(NC(=O)C(N)Cc1ccccc1)C(=O)N1CCCC1C(=O)NC(CO)C(=O)O. The Labute approximate surface area is 190 Å². The van der Waals surface area contributed by atoms with Crippen molar-refractivity contribution in [2.75, 3.05) is 13.2 Å². The second kappa shape index (κ2) is 11.9. The smallest absolute Gasteiger partial charge is 0.328 e. The van der Waals surface area contributed by atoms with Gasteiger partial charge in [0, 0.05) is 6.54 Å². The highest BCUT2D eigenvalue weighted by Crippen LogP contribution is 2.19. The third-order valence-corrected chi connectivity index (χ3v) is 5.29. The highest BCUT2D eigenvalue weighted by Gasteiger charge is 2.39. The van der Waals surface area contributed by atoms with Crippen molar-refractivity contribution in [1.82, 2.24) is 15.5 Å². The first-order valence-corrected chi connectivity index (χ1v) is 10.5. The van der Waals surface area contributed by atoms with Crippen LogP contribution >= 0.6 is 0 Å². The van der Waals surface area contributed by atoms with E-state index in [0.29, 0.717) is 6.42 Å². The number of aliphatic carboxylic acids is 1. The minimum atomic E-state index is -1.52. The summed E-state index contributed by atoms with van der Waals surface area (Å²) >= 11 is 0. The summed E-state index contributed by atoms with van der Waals surface area (Å²) in [7, 11) is 0. The van der Waals surface area contributed by atoms with E-state index in [0.717, 1.165) is 5.56 Å². The summed E-state index contributed by atoms with van der Waals surface area (Å²) in [6.07, 6.45) is 0.407. The van der Waals surface area contributed by atoms with Crippen LogP contribution in [0, 0.1) is 0 Å². The van der Waals surface area contributed by atoms with E-state index in [-0.39, 0.29) is 19.4 Å². The fourth-order valence-corrected chi connectivity index (χ4v) is 3.60. The Kier molecular flexibility index (Phi) is 9.30. The van der Waals surface area contributed by atoms with Gasteiger partial charge in [-0.1, -0.05) is 30.3 Å². The minimum Gasteiger partial charge on any atom is -0.480 e. The van der Waals surface area contributed by atoms with E-state index in [1.54, 1.807) is 24.3 Å². The molecule has 12 nitrogen and oxygen atoms in total. The molecular formula is C21H29N5O7. The largest absolute Gasteiger partial charge is 0.480 e. The molecule has 1 aromatic rings. The highest BCUT2D eigenvalue weighted by atomic mass is 16.4. The molecule has 1 heterocycles. The average Bonchev–Trinajstić information content (AvgIpc) is 3.26. The summed E-state index contributed by atoms with van der Waals surface area (Å²) < 4.78 is 0. The van der Waals surface area contributed by atoms with Gasteiger partial charge in [0.25, 0.3) is 0 Å². The number of hydrogen-bond acceptors (Lipinski definition) is 7. The van der Waals surface area contributed by atoms with Crippen LogP contribution in [-0.2, 0) is 30.4 Å². The Hall–Kier alpha value is -3.51. The van der Waals surface area contributed by atoms with Crippen molar-refractivity contribution in [2.24, 2.45) is 11.5 Å². The summed E-state index contributed by atoms with van der Waals surface area (Å²) in [5.74, 6) is -4.38. The van der Waals surface area contributed by atoms with Crippen molar-refractivity contribution >= 4 is 29.6 Å². The molecule has 0 spiro atoms. The average molecular weight is 463 g/mol. The van der Waals surface area contributed by atoms with Crippen molar-refractivity contribution in [2.45, 2.75) is 49.9 Å². The van der Waals surface area contributed by atoms with E-state index >= 15 is 0 Å². The van der Waals surface area contributed by atoms with Gasteiger partial charge in [0.05, 0.1) is 19.1 Å². The molecule has 2 rings (SSSR count).